The molecule has 2 aromatic carbocycles. The summed E-state index contributed by atoms with van der Waals surface area (Å²) in [5.74, 6) is -0.0173. The fourth-order valence-electron chi connectivity index (χ4n) is 4.40. The third kappa shape index (κ3) is 4.09. The van der Waals surface area contributed by atoms with Crippen molar-refractivity contribution in [3.05, 3.63) is 30.3 Å². The second kappa shape index (κ2) is 8.50. The molecule has 4 heterocycles. The van der Waals surface area contributed by atoms with Gasteiger partial charge in [0.1, 0.15) is 4.90 Å². The van der Waals surface area contributed by atoms with Crippen molar-refractivity contribution in [1.29, 1.82) is 0 Å². The lowest BCUT2D eigenvalue weighted by Gasteiger charge is -2.28. The van der Waals surface area contributed by atoms with Crippen LogP contribution in [0.15, 0.2) is 43.9 Å². The van der Waals surface area contributed by atoms with Crippen molar-refractivity contribution >= 4 is 56.6 Å². The van der Waals surface area contributed by atoms with Crippen LogP contribution in [0.1, 0.15) is 0 Å². The van der Waals surface area contributed by atoms with E-state index in [1.807, 2.05) is 0 Å². The molecule has 0 aliphatic carbocycles. The SMILES string of the molecule is CS(=O)(=O)Nc1nc2c(-c3ccc4c(c3-c3nn[nH]n3)S(=O)(=O)N=S4(=O)N3CCNCC3)cccc2s1. The van der Waals surface area contributed by atoms with Gasteiger partial charge in [-0.2, -0.15) is 13.6 Å². The second-order valence-electron chi connectivity index (χ2n) is 8.32. The Bertz CT molecular complexity index is 1890. The molecule has 0 radical (unpaired) electrons. The first-order valence-corrected chi connectivity index (χ1v) is 16.5. The molecule has 2 aliphatic heterocycles. The van der Waals surface area contributed by atoms with E-state index in [0.717, 1.165) is 17.6 Å². The maximum atomic E-state index is 14.1. The number of rotatable bonds is 5. The highest BCUT2D eigenvalue weighted by atomic mass is 32.3. The summed E-state index contributed by atoms with van der Waals surface area (Å²) in [6, 6.07) is 8.39. The standard InChI is InChI=1S/C19H19N9O5S4/c1-35(29,30)24-19-21-16-12(3-2-4-13(16)34-19)11-5-6-14-17(15(11)18-22-25-26-23-18)37(32,33)27-36(14,31)28-9-7-20-8-10-28/h2-6,20H,7-10H2,1H3,(H,21,24)(H,22,23,25,26). The molecule has 0 saturated carbocycles. The van der Waals surface area contributed by atoms with Gasteiger partial charge in [0.15, 0.2) is 15.0 Å². The number of aromatic amines is 1. The summed E-state index contributed by atoms with van der Waals surface area (Å²) in [7, 11) is -11.4. The van der Waals surface area contributed by atoms with Gasteiger partial charge in [0.05, 0.1) is 26.9 Å². The van der Waals surface area contributed by atoms with Crippen LogP contribution in [0.3, 0.4) is 0 Å². The summed E-state index contributed by atoms with van der Waals surface area (Å²) in [4.78, 5) is 4.28. The maximum Gasteiger partial charge on any atom is 0.293 e. The number of anilines is 1. The molecule has 18 heteroatoms. The van der Waals surface area contributed by atoms with Crippen molar-refractivity contribution < 1.29 is 21.0 Å². The molecular formula is C19H19N9O5S4. The van der Waals surface area contributed by atoms with Crippen LogP contribution in [0.4, 0.5) is 5.13 Å². The van der Waals surface area contributed by atoms with Crippen molar-refractivity contribution in [3.8, 4) is 22.5 Å². The van der Waals surface area contributed by atoms with Crippen LogP contribution >= 0.6 is 11.3 Å². The second-order valence-corrected chi connectivity index (χ2v) is 15.0. The van der Waals surface area contributed by atoms with E-state index in [0.29, 0.717) is 47.5 Å². The summed E-state index contributed by atoms with van der Waals surface area (Å²) in [6.07, 6.45) is 1.03. The summed E-state index contributed by atoms with van der Waals surface area (Å²) in [5, 5.41) is 17.3. The number of aromatic nitrogens is 5. The minimum absolute atomic E-state index is 0.0173. The largest absolute Gasteiger partial charge is 0.314 e. The number of fused-ring (bicyclic) bond motifs is 2. The number of tetrazole rings is 1. The predicted molar refractivity (Wildman–Crippen MR) is 137 cm³/mol. The lowest BCUT2D eigenvalue weighted by molar-refractivity contribution is 0.377. The molecule has 37 heavy (non-hydrogen) atoms. The van der Waals surface area contributed by atoms with E-state index in [4.69, 9.17) is 0 Å². The number of H-pyrrole nitrogens is 1. The van der Waals surface area contributed by atoms with Crippen molar-refractivity contribution in [2.24, 2.45) is 3.77 Å². The average Bonchev–Trinajstić information content (AvgIpc) is 3.55. The van der Waals surface area contributed by atoms with Crippen molar-refractivity contribution in [2.75, 3.05) is 37.2 Å². The van der Waals surface area contributed by atoms with E-state index in [-0.39, 0.29) is 26.3 Å². The van der Waals surface area contributed by atoms with Crippen LogP contribution in [-0.2, 0) is 30.0 Å². The van der Waals surface area contributed by atoms with Crippen LogP contribution in [0.25, 0.3) is 32.7 Å². The fourth-order valence-corrected chi connectivity index (χ4v) is 11.2. The van der Waals surface area contributed by atoms with Gasteiger partial charge < -0.3 is 5.32 Å². The summed E-state index contributed by atoms with van der Waals surface area (Å²) in [6.45, 7) is 1.83. The van der Waals surface area contributed by atoms with E-state index < -0.39 is 30.0 Å². The van der Waals surface area contributed by atoms with Gasteiger partial charge in [-0.15, -0.1) is 10.2 Å². The number of hydrogen-bond donors (Lipinski definition) is 3. The zero-order valence-corrected chi connectivity index (χ0v) is 22.3. The van der Waals surface area contributed by atoms with Crippen LogP contribution < -0.4 is 10.0 Å². The molecule has 0 amide bonds. The molecule has 6 rings (SSSR count). The minimum Gasteiger partial charge on any atom is -0.314 e. The zero-order chi connectivity index (χ0) is 26.0. The van der Waals surface area contributed by atoms with Gasteiger partial charge in [-0.05, 0) is 22.9 Å². The summed E-state index contributed by atoms with van der Waals surface area (Å²) < 4.78 is 73.0. The van der Waals surface area contributed by atoms with E-state index in [9.17, 15) is 21.0 Å². The first kappa shape index (κ1) is 24.3. The molecule has 0 spiro atoms. The van der Waals surface area contributed by atoms with E-state index in [1.165, 1.54) is 6.07 Å². The Kier molecular flexibility index (Phi) is 5.58. The van der Waals surface area contributed by atoms with Gasteiger partial charge in [-0.25, -0.2) is 21.9 Å². The van der Waals surface area contributed by atoms with Crippen molar-refractivity contribution in [2.45, 2.75) is 9.79 Å². The number of thiazole rings is 1. The molecule has 1 fully saturated rings. The Morgan fingerprint density at radius 1 is 1.08 bits per heavy atom. The Morgan fingerprint density at radius 3 is 2.57 bits per heavy atom. The molecule has 2 aliphatic rings. The lowest BCUT2D eigenvalue weighted by Crippen LogP contribution is -2.45. The molecule has 194 valence electrons. The number of piperazine rings is 1. The average molecular weight is 582 g/mol. The molecule has 1 atom stereocenters. The van der Waals surface area contributed by atoms with Crippen LogP contribution in [-0.4, -0.2) is 83.4 Å². The molecule has 14 nitrogen and oxygen atoms in total. The summed E-state index contributed by atoms with van der Waals surface area (Å²) >= 11 is 1.13. The molecular weight excluding hydrogens is 563 g/mol. The number of nitrogens with zero attached hydrogens (tertiary/aromatic N) is 6. The Morgan fingerprint density at radius 2 is 1.86 bits per heavy atom. The van der Waals surface area contributed by atoms with Gasteiger partial charge in [-0.1, -0.05) is 33.3 Å². The Labute approximate surface area is 215 Å². The quantitative estimate of drug-likeness (QED) is 0.304. The molecule has 3 N–H and O–H groups in total. The normalized spacial score (nSPS) is 21.5. The van der Waals surface area contributed by atoms with E-state index in [1.54, 1.807) is 28.6 Å². The van der Waals surface area contributed by atoms with Crippen LogP contribution in [0, 0.1) is 0 Å². The topological polar surface area (TPSA) is 192 Å². The van der Waals surface area contributed by atoms with E-state index in [2.05, 4.69) is 39.4 Å². The monoisotopic (exact) mass is 581 g/mol. The van der Waals surface area contributed by atoms with Gasteiger partial charge in [-0.3, -0.25) is 4.72 Å². The highest BCUT2D eigenvalue weighted by molar-refractivity contribution is 8.04. The number of sulfonamides is 2. The van der Waals surface area contributed by atoms with Crippen LogP contribution in [0.2, 0.25) is 0 Å². The molecule has 1 unspecified atom stereocenters. The fraction of sp³-hybridized carbons (Fsp3) is 0.263. The predicted octanol–water partition coefficient (Wildman–Crippen LogP) is 0.864. The zero-order valence-electron chi connectivity index (χ0n) is 19.1. The highest BCUT2D eigenvalue weighted by Crippen LogP contribution is 2.46. The van der Waals surface area contributed by atoms with Gasteiger partial charge in [0.25, 0.3) is 10.0 Å². The number of hydrogen-bond acceptors (Lipinski definition) is 11. The van der Waals surface area contributed by atoms with Gasteiger partial charge >= 0.3 is 0 Å². The summed E-state index contributed by atoms with van der Waals surface area (Å²) in [5.41, 5.74) is 1.44. The lowest BCUT2D eigenvalue weighted by atomic mass is 9.98. The van der Waals surface area contributed by atoms with Crippen molar-refractivity contribution in [1.82, 2.24) is 35.2 Å². The molecule has 0 bridgehead atoms. The number of nitrogens with one attached hydrogen (secondary N) is 3. The smallest absolute Gasteiger partial charge is 0.293 e. The molecule has 4 aromatic rings. The molecule has 1 saturated heterocycles. The minimum atomic E-state index is -4.37. The Balaban J connectivity index is 1.63. The third-order valence-corrected chi connectivity index (χ3v) is 12.1. The highest BCUT2D eigenvalue weighted by Gasteiger charge is 2.42. The third-order valence-electron chi connectivity index (χ3n) is 5.84. The number of benzene rings is 2. The number of para-hydroxylation sites is 1. The first-order chi connectivity index (χ1) is 17.6. The van der Waals surface area contributed by atoms with Crippen LogP contribution in [0.5, 0.6) is 0 Å². The van der Waals surface area contributed by atoms with Gasteiger partial charge in [0, 0.05) is 31.7 Å². The Hall–Kier alpha value is -3.03. The molecule has 2 aromatic heterocycles. The van der Waals surface area contributed by atoms with Gasteiger partial charge in [0.2, 0.25) is 15.8 Å². The maximum absolute atomic E-state index is 14.1. The van der Waals surface area contributed by atoms with Crippen molar-refractivity contribution in [3.63, 3.8) is 0 Å². The van der Waals surface area contributed by atoms with E-state index >= 15 is 0 Å². The first-order valence-electron chi connectivity index (χ1n) is 10.8.